The van der Waals surface area contributed by atoms with Crippen LogP contribution in [-0.4, -0.2) is 11.1 Å². The predicted octanol–water partition coefficient (Wildman–Crippen LogP) is 4.94. The molecule has 0 aliphatic heterocycles. The summed E-state index contributed by atoms with van der Waals surface area (Å²) in [5.74, 6) is 6.30. The van der Waals surface area contributed by atoms with Crippen molar-refractivity contribution < 1.29 is 4.92 Å². The molecule has 0 aliphatic rings. The number of aliphatic imine (C=N–C) groups is 1. The van der Waals surface area contributed by atoms with Gasteiger partial charge in [-0.1, -0.05) is 60.4 Å². The lowest BCUT2D eigenvalue weighted by atomic mass is 10.1. The molecule has 0 radical (unpaired) electrons. The molecule has 0 bridgehead atoms. The van der Waals surface area contributed by atoms with E-state index in [9.17, 15) is 10.1 Å². The van der Waals surface area contributed by atoms with Crippen LogP contribution in [0.5, 0.6) is 0 Å². The number of benzene rings is 3. The lowest BCUT2D eigenvalue weighted by Gasteiger charge is -2.01. The molecule has 0 N–H and O–H groups in total. The number of hydrogen-bond donors (Lipinski definition) is 0. The lowest BCUT2D eigenvalue weighted by molar-refractivity contribution is -0.384. The normalized spacial score (nSPS) is 10.3. The Labute approximate surface area is 152 Å². The number of nitro benzene ring substituents is 1. The van der Waals surface area contributed by atoms with Crippen molar-refractivity contribution in [1.29, 1.82) is 0 Å². The van der Waals surface area contributed by atoms with Gasteiger partial charge in [0.05, 0.1) is 10.6 Å². The molecule has 0 aromatic heterocycles. The molecule has 0 spiro atoms. The molecule has 0 saturated heterocycles. The Morgan fingerprint density at radius 1 is 0.962 bits per heavy atom. The summed E-state index contributed by atoms with van der Waals surface area (Å²) in [5, 5.41) is 10.9. The number of hydrogen-bond acceptors (Lipinski definition) is 3. The maximum absolute atomic E-state index is 10.9. The first-order valence-electron chi connectivity index (χ1n) is 8.13. The predicted molar refractivity (Wildman–Crippen MR) is 104 cm³/mol. The second kappa shape index (κ2) is 8.41. The molecule has 3 aromatic rings. The second-order valence-electron chi connectivity index (χ2n) is 5.58. The van der Waals surface area contributed by atoms with Crippen molar-refractivity contribution in [1.82, 2.24) is 0 Å². The van der Waals surface area contributed by atoms with Crippen LogP contribution >= 0.6 is 0 Å². The zero-order valence-corrected chi connectivity index (χ0v) is 14.0. The van der Waals surface area contributed by atoms with E-state index >= 15 is 0 Å². The minimum atomic E-state index is -0.412. The van der Waals surface area contributed by atoms with Crippen LogP contribution in [0.25, 0.3) is 0 Å². The minimum absolute atomic E-state index is 0.0518. The summed E-state index contributed by atoms with van der Waals surface area (Å²) < 4.78 is 0. The summed E-state index contributed by atoms with van der Waals surface area (Å²) in [6.07, 6.45) is 2.22. The van der Waals surface area contributed by atoms with E-state index in [1.807, 2.05) is 54.6 Å². The molecule has 3 rings (SSSR count). The number of nitro groups is 1. The molecule has 4 nitrogen and oxygen atoms in total. The van der Waals surface area contributed by atoms with Crippen molar-refractivity contribution in [3.05, 3.63) is 106 Å². The average Bonchev–Trinajstić information content (AvgIpc) is 2.68. The first kappa shape index (κ1) is 17.1. The Hall–Kier alpha value is -3.71. The Kier molecular flexibility index (Phi) is 5.54. The van der Waals surface area contributed by atoms with Gasteiger partial charge in [0, 0.05) is 30.3 Å². The van der Waals surface area contributed by atoms with E-state index in [2.05, 4.69) is 16.8 Å². The minimum Gasteiger partial charge on any atom is -0.258 e. The van der Waals surface area contributed by atoms with Gasteiger partial charge < -0.3 is 0 Å². The molecule has 3 aromatic carbocycles. The first-order valence-corrected chi connectivity index (χ1v) is 8.13. The van der Waals surface area contributed by atoms with Crippen LogP contribution in [-0.2, 0) is 6.42 Å². The molecule has 0 amide bonds. The molecular weight excluding hydrogens is 324 g/mol. The third-order valence-corrected chi connectivity index (χ3v) is 3.71. The highest BCUT2D eigenvalue weighted by Gasteiger charge is 2.04. The summed E-state index contributed by atoms with van der Waals surface area (Å²) in [6.45, 7) is 0. The quantitative estimate of drug-likeness (QED) is 0.292. The third-order valence-electron chi connectivity index (χ3n) is 3.71. The molecule has 0 fully saturated rings. The van der Waals surface area contributed by atoms with Gasteiger partial charge in [0.1, 0.15) is 0 Å². The molecular formula is C22H16N2O2. The SMILES string of the molecule is O=[N+]([O-])c1cccc(C=Nc2ccccc2CC#Cc2ccccc2)c1. The Morgan fingerprint density at radius 2 is 1.73 bits per heavy atom. The van der Waals surface area contributed by atoms with Crippen molar-refractivity contribution in [3.63, 3.8) is 0 Å². The van der Waals surface area contributed by atoms with Gasteiger partial charge in [-0.3, -0.25) is 15.1 Å². The van der Waals surface area contributed by atoms with E-state index in [0.717, 1.165) is 16.8 Å². The Bertz CT molecular complexity index is 999. The zero-order chi connectivity index (χ0) is 18.2. The molecule has 26 heavy (non-hydrogen) atoms. The van der Waals surface area contributed by atoms with Crippen molar-refractivity contribution in [2.75, 3.05) is 0 Å². The highest BCUT2D eigenvalue weighted by Crippen LogP contribution is 2.20. The maximum Gasteiger partial charge on any atom is 0.270 e. The molecule has 0 heterocycles. The zero-order valence-electron chi connectivity index (χ0n) is 14.0. The van der Waals surface area contributed by atoms with E-state index in [1.54, 1.807) is 18.3 Å². The van der Waals surface area contributed by atoms with Crippen LogP contribution in [0.2, 0.25) is 0 Å². The van der Waals surface area contributed by atoms with Crippen LogP contribution in [0.3, 0.4) is 0 Å². The number of para-hydroxylation sites is 1. The molecule has 4 heteroatoms. The first-order chi connectivity index (χ1) is 12.7. The van der Waals surface area contributed by atoms with E-state index in [1.165, 1.54) is 12.1 Å². The van der Waals surface area contributed by atoms with Gasteiger partial charge in [-0.15, -0.1) is 0 Å². The summed E-state index contributed by atoms with van der Waals surface area (Å²) >= 11 is 0. The Morgan fingerprint density at radius 3 is 2.54 bits per heavy atom. The van der Waals surface area contributed by atoms with Gasteiger partial charge in [-0.25, -0.2) is 0 Å². The van der Waals surface area contributed by atoms with E-state index in [4.69, 9.17) is 0 Å². The highest BCUT2D eigenvalue weighted by molar-refractivity contribution is 5.83. The molecule has 0 atom stereocenters. The van der Waals surface area contributed by atoms with Crippen molar-refractivity contribution in [2.24, 2.45) is 4.99 Å². The topological polar surface area (TPSA) is 55.5 Å². The summed E-state index contributed by atoms with van der Waals surface area (Å²) in [7, 11) is 0. The maximum atomic E-state index is 10.9. The monoisotopic (exact) mass is 340 g/mol. The van der Waals surface area contributed by atoms with Crippen LogP contribution in [0, 0.1) is 22.0 Å². The molecule has 0 unspecified atom stereocenters. The van der Waals surface area contributed by atoms with Crippen LogP contribution < -0.4 is 0 Å². The summed E-state index contributed by atoms with van der Waals surface area (Å²) in [6, 6.07) is 24.0. The van der Waals surface area contributed by atoms with Crippen molar-refractivity contribution in [3.8, 4) is 11.8 Å². The fourth-order valence-electron chi connectivity index (χ4n) is 2.41. The molecule has 0 saturated carbocycles. The van der Waals surface area contributed by atoms with Crippen molar-refractivity contribution >= 4 is 17.6 Å². The average molecular weight is 340 g/mol. The number of non-ortho nitro benzene ring substituents is 1. The third kappa shape index (κ3) is 4.65. The molecule has 126 valence electrons. The van der Waals surface area contributed by atoms with Crippen molar-refractivity contribution in [2.45, 2.75) is 6.42 Å². The van der Waals surface area contributed by atoms with Gasteiger partial charge in [0.25, 0.3) is 5.69 Å². The van der Waals surface area contributed by atoms with Crippen LogP contribution in [0.4, 0.5) is 11.4 Å². The van der Waals surface area contributed by atoms with E-state index < -0.39 is 4.92 Å². The van der Waals surface area contributed by atoms with Gasteiger partial charge >= 0.3 is 0 Å². The number of nitrogens with zero attached hydrogens (tertiary/aromatic N) is 2. The van der Waals surface area contributed by atoms with Gasteiger partial charge in [-0.05, 0) is 29.3 Å². The molecule has 0 aliphatic carbocycles. The highest BCUT2D eigenvalue weighted by atomic mass is 16.6. The van der Waals surface area contributed by atoms with Gasteiger partial charge in [-0.2, -0.15) is 0 Å². The fraction of sp³-hybridized carbons (Fsp3) is 0.0455. The largest absolute Gasteiger partial charge is 0.270 e. The van der Waals surface area contributed by atoms with E-state index in [0.29, 0.717) is 12.0 Å². The lowest BCUT2D eigenvalue weighted by Crippen LogP contribution is -1.89. The van der Waals surface area contributed by atoms with Gasteiger partial charge in [0.2, 0.25) is 0 Å². The smallest absolute Gasteiger partial charge is 0.258 e. The second-order valence-corrected chi connectivity index (χ2v) is 5.58. The standard InChI is InChI=1S/C22H16N2O2/c25-24(26)21-14-7-11-19(16-21)17-23-22-15-5-4-12-20(22)13-6-10-18-8-2-1-3-9-18/h1-5,7-9,11-12,14-17H,13H2. The van der Waals surface area contributed by atoms with Gasteiger partial charge in [0.15, 0.2) is 0 Å². The van der Waals surface area contributed by atoms with Crippen LogP contribution in [0.15, 0.2) is 83.9 Å². The number of rotatable bonds is 4. The van der Waals surface area contributed by atoms with E-state index in [-0.39, 0.29) is 5.69 Å². The summed E-state index contributed by atoms with van der Waals surface area (Å²) in [4.78, 5) is 14.9. The summed E-state index contributed by atoms with van der Waals surface area (Å²) in [5.41, 5.74) is 3.53. The van der Waals surface area contributed by atoms with Crippen LogP contribution in [0.1, 0.15) is 16.7 Å². The Balaban J connectivity index is 1.78. The fourth-order valence-corrected chi connectivity index (χ4v) is 2.41.